The molecular weight excluding hydrogens is 520 g/mol. The molecule has 5 rings (SSSR count). The number of amides is 2. The standard InChI is InChI=1S/C30H33ClN2O6/c1-4-17-32(21-13-11-20(31)12-14-21)27(36)25-30-16-15-29(3,39-30)24(28(37)38-5-2)23(30)26(35)33(25)22(18-34)19-9-7-6-8-10-19/h4,6-14,22-25,34H,1,5,15-18H2,2-3H3/t22-,23+,24-,25?,29+,30?/m1/s1. The zero-order valence-corrected chi connectivity index (χ0v) is 22.8. The smallest absolute Gasteiger partial charge is 0.312 e. The summed E-state index contributed by atoms with van der Waals surface area (Å²) < 4.78 is 12.1. The number of likely N-dealkylation sites (tertiary alicyclic amines) is 1. The first-order valence-corrected chi connectivity index (χ1v) is 13.6. The maximum absolute atomic E-state index is 14.6. The average molecular weight is 553 g/mol. The summed E-state index contributed by atoms with van der Waals surface area (Å²) in [7, 11) is 0. The summed E-state index contributed by atoms with van der Waals surface area (Å²) in [4.78, 5) is 45.3. The fourth-order valence-electron chi connectivity index (χ4n) is 6.82. The normalized spacial score (nSPS) is 29.7. The molecule has 3 aliphatic rings. The highest BCUT2D eigenvalue weighted by Crippen LogP contribution is 2.64. The van der Waals surface area contributed by atoms with Gasteiger partial charge in [-0.3, -0.25) is 14.4 Å². The lowest BCUT2D eigenvalue weighted by Crippen LogP contribution is -2.57. The van der Waals surface area contributed by atoms with Crippen LogP contribution >= 0.6 is 11.6 Å². The van der Waals surface area contributed by atoms with E-state index in [9.17, 15) is 19.5 Å². The van der Waals surface area contributed by atoms with Crippen molar-refractivity contribution in [1.29, 1.82) is 0 Å². The number of hydrogen-bond acceptors (Lipinski definition) is 6. The van der Waals surface area contributed by atoms with Crippen LogP contribution in [0.1, 0.15) is 38.3 Å². The van der Waals surface area contributed by atoms with Gasteiger partial charge in [-0.15, -0.1) is 6.58 Å². The average Bonchev–Trinajstić information content (AvgIpc) is 3.50. The fraction of sp³-hybridized carbons (Fsp3) is 0.433. The molecule has 2 aromatic rings. The molecule has 0 aliphatic carbocycles. The number of fused-ring (bicyclic) bond motifs is 1. The van der Waals surface area contributed by atoms with Crippen molar-refractivity contribution >= 4 is 35.1 Å². The van der Waals surface area contributed by atoms with Crippen LogP contribution in [-0.4, -0.2) is 64.8 Å². The van der Waals surface area contributed by atoms with Crippen molar-refractivity contribution in [2.45, 2.75) is 50.0 Å². The SMILES string of the molecule is C=CCN(C(=O)C1N([C@H](CO)c2ccccc2)C(=O)[C@@H]2[C@H](C(=O)OCC)[C@]3(C)CCC12O3)c1ccc(Cl)cc1. The van der Waals surface area contributed by atoms with Crippen LogP contribution in [0.3, 0.4) is 0 Å². The van der Waals surface area contributed by atoms with Gasteiger partial charge in [0.15, 0.2) is 0 Å². The molecule has 0 saturated carbocycles. The van der Waals surface area contributed by atoms with Crippen LogP contribution in [0.2, 0.25) is 5.02 Å². The van der Waals surface area contributed by atoms with Crippen LogP contribution in [0.4, 0.5) is 5.69 Å². The topological polar surface area (TPSA) is 96.4 Å². The number of aliphatic hydroxyl groups excluding tert-OH is 1. The summed E-state index contributed by atoms with van der Waals surface area (Å²) in [5.41, 5.74) is -0.938. The molecule has 3 aliphatic heterocycles. The van der Waals surface area contributed by atoms with E-state index in [0.29, 0.717) is 29.1 Å². The lowest BCUT2D eigenvalue weighted by molar-refractivity contribution is -0.160. The summed E-state index contributed by atoms with van der Waals surface area (Å²) in [6.07, 6.45) is 2.52. The number of rotatable bonds is 9. The summed E-state index contributed by atoms with van der Waals surface area (Å²) in [6.45, 7) is 7.30. The molecule has 3 saturated heterocycles. The number of benzene rings is 2. The molecule has 2 amide bonds. The van der Waals surface area contributed by atoms with E-state index in [4.69, 9.17) is 21.1 Å². The van der Waals surface area contributed by atoms with Gasteiger partial charge in [-0.2, -0.15) is 0 Å². The van der Waals surface area contributed by atoms with Crippen LogP contribution < -0.4 is 4.90 Å². The highest BCUT2D eigenvalue weighted by Gasteiger charge is 2.79. The molecule has 2 bridgehead atoms. The van der Waals surface area contributed by atoms with Gasteiger partial charge in [0.05, 0.1) is 30.8 Å². The Labute approximate surface area is 233 Å². The number of nitrogens with zero attached hydrogens (tertiary/aromatic N) is 2. The monoisotopic (exact) mass is 552 g/mol. The number of carbonyl (C=O) groups is 3. The third-order valence-electron chi connectivity index (χ3n) is 8.40. The van der Waals surface area contributed by atoms with E-state index in [1.54, 1.807) is 42.2 Å². The zero-order valence-electron chi connectivity index (χ0n) is 22.1. The third-order valence-corrected chi connectivity index (χ3v) is 8.65. The minimum atomic E-state index is -1.26. The van der Waals surface area contributed by atoms with Gasteiger partial charge in [-0.05, 0) is 56.5 Å². The lowest BCUT2D eigenvalue weighted by atomic mass is 9.66. The molecule has 9 heteroatoms. The van der Waals surface area contributed by atoms with Crippen LogP contribution in [0.15, 0.2) is 67.3 Å². The Balaban J connectivity index is 1.66. The van der Waals surface area contributed by atoms with E-state index in [2.05, 4.69) is 6.58 Å². The van der Waals surface area contributed by atoms with Gasteiger partial charge in [0.2, 0.25) is 5.91 Å². The second-order valence-corrected chi connectivity index (χ2v) is 11.0. The maximum atomic E-state index is 14.6. The van der Waals surface area contributed by atoms with Crippen LogP contribution in [-0.2, 0) is 23.9 Å². The Morgan fingerprint density at radius 1 is 1.23 bits per heavy atom. The van der Waals surface area contributed by atoms with E-state index in [1.165, 1.54) is 4.90 Å². The first-order chi connectivity index (χ1) is 18.7. The molecule has 1 spiro atoms. The van der Waals surface area contributed by atoms with Gasteiger partial charge < -0.3 is 24.4 Å². The van der Waals surface area contributed by atoms with Gasteiger partial charge in [-0.1, -0.05) is 48.0 Å². The van der Waals surface area contributed by atoms with Crippen molar-refractivity contribution in [3.63, 3.8) is 0 Å². The molecule has 6 atom stereocenters. The Bertz CT molecular complexity index is 1270. The number of anilines is 1. The molecule has 3 heterocycles. The largest absolute Gasteiger partial charge is 0.466 e. The van der Waals surface area contributed by atoms with Crippen molar-refractivity contribution in [3.05, 3.63) is 77.8 Å². The highest BCUT2D eigenvalue weighted by molar-refractivity contribution is 6.30. The van der Waals surface area contributed by atoms with E-state index in [1.807, 2.05) is 37.3 Å². The Morgan fingerprint density at radius 2 is 1.92 bits per heavy atom. The Hall–Kier alpha value is -3.20. The van der Waals surface area contributed by atoms with Crippen LogP contribution in [0.25, 0.3) is 0 Å². The van der Waals surface area contributed by atoms with E-state index < -0.39 is 53.6 Å². The number of halogens is 1. The van der Waals surface area contributed by atoms with Gasteiger partial charge in [0.1, 0.15) is 17.6 Å². The van der Waals surface area contributed by atoms with Gasteiger partial charge >= 0.3 is 5.97 Å². The summed E-state index contributed by atoms with van der Waals surface area (Å²) >= 11 is 6.11. The molecule has 2 unspecified atom stereocenters. The molecular formula is C30H33ClN2O6. The Kier molecular flexibility index (Phi) is 7.31. The summed E-state index contributed by atoms with van der Waals surface area (Å²) in [5, 5.41) is 11.1. The first-order valence-electron chi connectivity index (χ1n) is 13.2. The molecule has 3 fully saturated rings. The molecule has 0 aromatic heterocycles. The molecule has 8 nitrogen and oxygen atoms in total. The van der Waals surface area contributed by atoms with E-state index in [0.717, 1.165) is 0 Å². The molecule has 1 N–H and O–H groups in total. The third kappa shape index (κ3) is 4.26. The first kappa shape index (κ1) is 27.4. The minimum Gasteiger partial charge on any atom is -0.466 e. The number of hydrogen-bond donors (Lipinski definition) is 1. The van der Waals surface area contributed by atoms with Gasteiger partial charge in [0.25, 0.3) is 5.91 Å². The van der Waals surface area contributed by atoms with Crippen LogP contribution in [0.5, 0.6) is 0 Å². The summed E-state index contributed by atoms with van der Waals surface area (Å²) in [6, 6.07) is 14.0. The quantitative estimate of drug-likeness (QED) is 0.374. The van der Waals surface area contributed by atoms with Crippen molar-refractivity contribution in [3.8, 4) is 0 Å². The minimum absolute atomic E-state index is 0.165. The maximum Gasteiger partial charge on any atom is 0.312 e. The number of ether oxygens (including phenoxy) is 2. The Morgan fingerprint density at radius 3 is 2.54 bits per heavy atom. The molecule has 2 aromatic carbocycles. The second kappa shape index (κ2) is 10.4. The van der Waals surface area contributed by atoms with Crippen molar-refractivity contribution in [2.75, 3.05) is 24.7 Å². The predicted octanol–water partition coefficient (Wildman–Crippen LogP) is 3.92. The van der Waals surface area contributed by atoms with Gasteiger partial charge in [0, 0.05) is 17.3 Å². The number of aliphatic hydroxyl groups is 1. The fourth-order valence-corrected chi connectivity index (χ4v) is 6.94. The summed E-state index contributed by atoms with van der Waals surface area (Å²) in [5.74, 6) is -3.06. The highest BCUT2D eigenvalue weighted by atomic mass is 35.5. The second-order valence-electron chi connectivity index (χ2n) is 10.5. The van der Waals surface area contributed by atoms with E-state index in [-0.39, 0.29) is 19.1 Å². The van der Waals surface area contributed by atoms with Crippen LogP contribution in [0, 0.1) is 11.8 Å². The van der Waals surface area contributed by atoms with Crippen molar-refractivity contribution < 1.29 is 29.0 Å². The predicted molar refractivity (Wildman–Crippen MR) is 146 cm³/mol. The van der Waals surface area contributed by atoms with Crippen molar-refractivity contribution in [2.24, 2.45) is 11.8 Å². The van der Waals surface area contributed by atoms with Gasteiger partial charge in [-0.25, -0.2) is 0 Å². The molecule has 0 radical (unpaired) electrons. The number of esters is 1. The number of carbonyl (C=O) groups excluding carboxylic acids is 3. The van der Waals surface area contributed by atoms with E-state index >= 15 is 0 Å². The molecule has 206 valence electrons. The van der Waals surface area contributed by atoms with Crippen molar-refractivity contribution in [1.82, 2.24) is 4.90 Å². The lowest BCUT2D eigenvalue weighted by Gasteiger charge is -2.39. The zero-order chi connectivity index (χ0) is 27.9. The molecule has 39 heavy (non-hydrogen) atoms.